The molecule has 146 valence electrons. The van der Waals surface area contributed by atoms with Gasteiger partial charge in [0, 0.05) is 6.92 Å². The largest absolute Gasteiger partial charge is 0.388 e. The van der Waals surface area contributed by atoms with Crippen molar-refractivity contribution in [2.75, 3.05) is 6.61 Å². The molecular weight excluding hydrogens is 342 g/mol. The summed E-state index contributed by atoms with van der Waals surface area (Å²) in [6.45, 7) is 2.27. The summed E-state index contributed by atoms with van der Waals surface area (Å²) in [6.07, 6.45) is -12.2. The van der Waals surface area contributed by atoms with E-state index in [1.165, 1.54) is 13.8 Å². The Hall–Kier alpha value is -0.890. The van der Waals surface area contributed by atoms with E-state index < -0.39 is 67.3 Å². The highest BCUT2D eigenvalue weighted by atomic mass is 16.7. The molecule has 11 nitrogen and oxygen atoms in total. The molecule has 2 aliphatic heterocycles. The molecule has 11 heteroatoms. The van der Waals surface area contributed by atoms with Gasteiger partial charge in [-0.05, 0) is 6.92 Å². The lowest BCUT2D eigenvalue weighted by Crippen LogP contribution is -2.64. The van der Waals surface area contributed by atoms with Gasteiger partial charge in [0.1, 0.15) is 42.7 Å². The van der Waals surface area contributed by atoms with E-state index in [2.05, 4.69) is 5.32 Å². The Morgan fingerprint density at radius 1 is 0.960 bits per heavy atom. The zero-order valence-electron chi connectivity index (χ0n) is 13.8. The van der Waals surface area contributed by atoms with Gasteiger partial charge in [-0.1, -0.05) is 0 Å². The van der Waals surface area contributed by atoms with Crippen molar-refractivity contribution in [2.45, 2.75) is 75.2 Å². The van der Waals surface area contributed by atoms with Crippen LogP contribution in [-0.2, 0) is 19.0 Å². The van der Waals surface area contributed by atoms with Gasteiger partial charge < -0.3 is 50.2 Å². The van der Waals surface area contributed by atoms with E-state index in [1.54, 1.807) is 0 Å². The molecular formula is C14H25NO10. The van der Waals surface area contributed by atoms with Crippen LogP contribution in [0, 0.1) is 0 Å². The van der Waals surface area contributed by atoms with Crippen molar-refractivity contribution in [3.8, 4) is 0 Å². The fraction of sp³-hybridized carbons (Fsp3) is 0.929. The standard InChI is InChI=1S/C14H25NO10/c1-4-8(17)11(20)12(21)14(24-4)23-3-6-9(18)10(19)7(13(22)25-6)15-5(2)16/h4,6-14,17-22H,3H2,1-2H3,(H,15,16)/t4-,6-,7-,8+,9-,10-,11+,12-,13-,14+/m1/s1. The molecule has 0 spiro atoms. The summed E-state index contributed by atoms with van der Waals surface area (Å²) < 4.78 is 15.6. The number of aliphatic hydroxyl groups is 6. The quantitative estimate of drug-likeness (QED) is 0.257. The molecule has 2 aliphatic rings. The number of carbonyl (C=O) groups is 1. The van der Waals surface area contributed by atoms with Crippen molar-refractivity contribution in [3.05, 3.63) is 0 Å². The summed E-state index contributed by atoms with van der Waals surface area (Å²) in [7, 11) is 0. The van der Waals surface area contributed by atoms with E-state index in [9.17, 15) is 35.4 Å². The van der Waals surface area contributed by atoms with Crippen molar-refractivity contribution in [3.63, 3.8) is 0 Å². The topological polar surface area (TPSA) is 178 Å². The van der Waals surface area contributed by atoms with Crippen LogP contribution in [0.2, 0.25) is 0 Å². The van der Waals surface area contributed by atoms with Gasteiger partial charge in [-0.2, -0.15) is 0 Å². The fourth-order valence-corrected chi connectivity index (χ4v) is 2.82. The number of hydrogen-bond acceptors (Lipinski definition) is 10. The average molecular weight is 367 g/mol. The molecule has 2 heterocycles. The van der Waals surface area contributed by atoms with Gasteiger partial charge in [0.15, 0.2) is 12.6 Å². The Labute approximate surface area is 143 Å². The lowest BCUT2D eigenvalue weighted by molar-refractivity contribution is -0.313. The molecule has 0 unspecified atom stereocenters. The highest BCUT2D eigenvalue weighted by molar-refractivity contribution is 5.73. The fourth-order valence-electron chi connectivity index (χ4n) is 2.82. The normalized spacial score (nSPS) is 48.2. The summed E-state index contributed by atoms with van der Waals surface area (Å²) in [6, 6.07) is -1.21. The number of aliphatic hydroxyl groups excluding tert-OH is 6. The third-order valence-electron chi connectivity index (χ3n) is 4.32. The van der Waals surface area contributed by atoms with Crippen LogP contribution in [0.5, 0.6) is 0 Å². The number of nitrogens with one attached hydrogen (secondary N) is 1. The van der Waals surface area contributed by atoms with Crippen LogP contribution in [0.1, 0.15) is 13.8 Å². The molecule has 0 saturated carbocycles. The SMILES string of the molecule is CC(=O)N[C@@H]1[C@@H](O)[C@H](O)[C@@H](CO[C@H]2O[C@H](C)[C@H](O)[C@H](O)[C@H]2O)O[C@H]1O. The zero-order valence-corrected chi connectivity index (χ0v) is 13.8. The maximum absolute atomic E-state index is 11.1. The Morgan fingerprint density at radius 2 is 1.60 bits per heavy atom. The average Bonchev–Trinajstić information content (AvgIpc) is 2.55. The lowest BCUT2D eigenvalue weighted by atomic mass is 9.97. The molecule has 25 heavy (non-hydrogen) atoms. The number of carbonyl (C=O) groups excluding carboxylic acids is 1. The van der Waals surface area contributed by atoms with Gasteiger partial charge in [0.2, 0.25) is 5.91 Å². The first-order valence-corrected chi connectivity index (χ1v) is 7.91. The third kappa shape index (κ3) is 4.45. The van der Waals surface area contributed by atoms with Crippen molar-refractivity contribution in [1.82, 2.24) is 5.32 Å². The summed E-state index contributed by atoms with van der Waals surface area (Å²) in [5.74, 6) is -0.520. The minimum atomic E-state index is -1.58. The summed E-state index contributed by atoms with van der Waals surface area (Å²) >= 11 is 0. The maximum atomic E-state index is 11.1. The molecule has 2 rings (SSSR count). The number of rotatable bonds is 4. The Kier molecular flexibility index (Phi) is 6.70. The molecule has 7 N–H and O–H groups in total. The van der Waals surface area contributed by atoms with E-state index in [-0.39, 0.29) is 6.61 Å². The smallest absolute Gasteiger partial charge is 0.217 e. The van der Waals surface area contributed by atoms with Gasteiger partial charge >= 0.3 is 0 Å². The van der Waals surface area contributed by atoms with Crippen molar-refractivity contribution in [2.24, 2.45) is 0 Å². The highest BCUT2D eigenvalue weighted by Crippen LogP contribution is 2.24. The van der Waals surface area contributed by atoms with E-state index in [4.69, 9.17) is 14.2 Å². The zero-order chi connectivity index (χ0) is 18.9. The predicted octanol–water partition coefficient (Wildman–Crippen LogP) is -4.23. The number of hydrogen-bond donors (Lipinski definition) is 7. The van der Waals surface area contributed by atoms with Crippen LogP contribution in [-0.4, -0.2) is 105 Å². The molecule has 1 amide bonds. The predicted molar refractivity (Wildman–Crippen MR) is 78.8 cm³/mol. The Balaban J connectivity index is 1.94. The molecule has 2 fully saturated rings. The Bertz CT molecular complexity index is 465. The molecule has 10 atom stereocenters. The van der Waals surface area contributed by atoms with E-state index in [1.807, 2.05) is 0 Å². The second-order valence-corrected chi connectivity index (χ2v) is 6.29. The molecule has 0 radical (unpaired) electrons. The first-order chi connectivity index (χ1) is 11.6. The molecule has 0 aromatic heterocycles. The lowest BCUT2D eigenvalue weighted by Gasteiger charge is -2.42. The monoisotopic (exact) mass is 367 g/mol. The molecule has 2 saturated heterocycles. The van der Waals surface area contributed by atoms with E-state index in [0.29, 0.717) is 0 Å². The third-order valence-corrected chi connectivity index (χ3v) is 4.32. The molecule has 0 aliphatic carbocycles. The van der Waals surface area contributed by atoms with Crippen molar-refractivity contribution < 1.29 is 49.6 Å². The minimum Gasteiger partial charge on any atom is -0.388 e. The molecule has 0 aromatic carbocycles. The second-order valence-electron chi connectivity index (χ2n) is 6.29. The summed E-state index contributed by atoms with van der Waals surface area (Å²) in [4.78, 5) is 11.1. The number of ether oxygens (including phenoxy) is 3. The number of amides is 1. The van der Waals surface area contributed by atoms with Crippen LogP contribution in [0.4, 0.5) is 0 Å². The van der Waals surface area contributed by atoms with E-state index in [0.717, 1.165) is 0 Å². The summed E-state index contributed by atoms with van der Waals surface area (Å²) in [5.41, 5.74) is 0. The van der Waals surface area contributed by atoms with Crippen LogP contribution in [0.3, 0.4) is 0 Å². The van der Waals surface area contributed by atoms with E-state index >= 15 is 0 Å². The maximum Gasteiger partial charge on any atom is 0.217 e. The second kappa shape index (κ2) is 8.20. The van der Waals surface area contributed by atoms with Crippen molar-refractivity contribution >= 4 is 5.91 Å². The first-order valence-electron chi connectivity index (χ1n) is 7.91. The molecule has 0 bridgehead atoms. The first kappa shape index (κ1) is 20.4. The van der Waals surface area contributed by atoms with Gasteiger partial charge in [0.05, 0.1) is 12.7 Å². The van der Waals surface area contributed by atoms with Gasteiger partial charge in [-0.25, -0.2) is 0 Å². The van der Waals surface area contributed by atoms with Crippen molar-refractivity contribution in [1.29, 1.82) is 0 Å². The van der Waals surface area contributed by atoms with Gasteiger partial charge in [-0.3, -0.25) is 4.79 Å². The Morgan fingerprint density at radius 3 is 2.20 bits per heavy atom. The van der Waals surface area contributed by atoms with Crippen LogP contribution in [0.15, 0.2) is 0 Å². The van der Waals surface area contributed by atoms with Crippen LogP contribution in [0.25, 0.3) is 0 Å². The summed E-state index contributed by atoms with van der Waals surface area (Å²) in [5, 5.41) is 61.4. The minimum absolute atomic E-state index is 0.390. The highest BCUT2D eigenvalue weighted by Gasteiger charge is 2.46. The van der Waals surface area contributed by atoms with Gasteiger partial charge in [-0.15, -0.1) is 0 Å². The van der Waals surface area contributed by atoms with Crippen LogP contribution < -0.4 is 5.32 Å². The molecule has 0 aromatic rings. The van der Waals surface area contributed by atoms with Gasteiger partial charge in [0.25, 0.3) is 0 Å². The van der Waals surface area contributed by atoms with Crippen LogP contribution >= 0.6 is 0 Å².